The first-order valence-electron chi connectivity index (χ1n) is 5.57. The van der Waals surface area contributed by atoms with Gasteiger partial charge in [-0.1, -0.05) is 0 Å². The molecule has 2 rings (SSSR count). The van der Waals surface area contributed by atoms with Gasteiger partial charge in [-0.2, -0.15) is 0 Å². The highest BCUT2D eigenvalue weighted by molar-refractivity contribution is 5.94. The minimum Gasteiger partial charge on any atom is -0.350 e. The van der Waals surface area contributed by atoms with Crippen molar-refractivity contribution in [3.63, 3.8) is 0 Å². The summed E-state index contributed by atoms with van der Waals surface area (Å²) in [4.78, 5) is 11.6. The van der Waals surface area contributed by atoms with Gasteiger partial charge in [0.2, 0.25) is 0 Å². The fraction of sp³-hybridized carbons (Fsp3) is 0.417. The predicted molar refractivity (Wildman–Crippen MR) is 66.6 cm³/mol. The maximum absolute atomic E-state index is 13.3. The third-order valence-electron chi connectivity index (χ3n) is 2.90. The molecule has 0 aliphatic heterocycles. The van der Waals surface area contributed by atoms with Crippen LogP contribution in [0.25, 0.3) is 0 Å². The van der Waals surface area contributed by atoms with Crippen LogP contribution in [0.4, 0.5) is 8.78 Å². The Morgan fingerprint density at radius 2 is 2.11 bits per heavy atom. The Bertz CT molecular complexity index is 438. The Morgan fingerprint density at radius 1 is 1.44 bits per heavy atom. The normalized spacial score (nSPS) is 15.7. The summed E-state index contributed by atoms with van der Waals surface area (Å²) in [6.45, 7) is 0.291. The fourth-order valence-electron chi connectivity index (χ4n) is 1.67. The lowest BCUT2D eigenvalue weighted by molar-refractivity contribution is 0.0945. The minimum absolute atomic E-state index is 0. The first-order chi connectivity index (χ1) is 8.08. The smallest absolute Gasteiger partial charge is 0.254 e. The van der Waals surface area contributed by atoms with Gasteiger partial charge >= 0.3 is 0 Å². The van der Waals surface area contributed by atoms with Crippen LogP contribution in [-0.4, -0.2) is 18.5 Å². The molecule has 0 spiro atoms. The number of nitrogens with two attached hydrogens (primary N) is 1. The lowest BCUT2D eigenvalue weighted by atomic mass is 10.1. The fourth-order valence-corrected chi connectivity index (χ4v) is 1.67. The Labute approximate surface area is 110 Å². The van der Waals surface area contributed by atoms with Crippen molar-refractivity contribution >= 4 is 18.3 Å². The zero-order valence-corrected chi connectivity index (χ0v) is 10.5. The van der Waals surface area contributed by atoms with E-state index in [1.54, 1.807) is 0 Å². The van der Waals surface area contributed by atoms with E-state index in [2.05, 4.69) is 5.32 Å². The van der Waals surface area contributed by atoms with Gasteiger partial charge in [-0.15, -0.1) is 12.4 Å². The lowest BCUT2D eigenvalue weighted by Gasteiger charge is -2.11. The van der Waals surface area contributed by atoms with Gasteiger partial charge in [0.15, 0.2) is 0 Å². The summed E-state index contributed by atoms with van der Waals surface area (Å²) in [5.41, 5.74) is 5.51. The van der Waals surface area contributed by atoms with Crippen molar-refractivity contribution < 1.29 is 13.6 Å². The lowest BCUT2D eigenvalue weighted by Crippen LogP contribution is -2.38. The Balaban J connectivity index is 0.00000162. The largest absolute Gasteiger partial charge is 0.350 e. The summed E-state index contributed by atoms with van der Waals surface area (Å²) in [6.07, 6.45) is 2.15. The van der Waals surface area contributed by atoms with Crippen molar-refractivity contribution in [3.8, 4) is 0 Å². The molecule has 1 aliphatic rings. The molecule has 0 saturated heterocycles. The van der Waals surface area contributed by atoms with Crippen LogP contribution in [0.2, 0.25) is 0 Å². The summed E-state index contributed by atoms with van der Waals surface area (Å²) in [5, 5.41) is 2.52. The summed E-state index contributed by atoms with van der Waals surface area (Å²) in [5.74, 6) is -1.54. The van der Waals surface area contributed by atoms with Gasteiger partial charge in [-0.05, 0) is 37.0 Å². The van der Waals surface area contributed by atoms with Crippen molar-refractivity contribution in [2.45, 2.75) is 18.9 Å². The number of hydrogen-bond donors (Lipinski definition) is 2. The molecule has 1 aromatic carbocycles. The zero-order valence-electron chi connectivity index (χ0n) is 9.66. The minimum atomic E-state index is -0.733. The molecule has 6 heteroatoms. The maximum Gasteiger partial charge on any atom is 0.254 e. The van der Waals surface area contributed by atoms with Crippen molar-refractivity contribution in [2.75, 3.05) is 6.54 Å². The highest BCUT2D eigenvalue weighted by Gasteiger charge is 2.28. The van der Waals surface area contributed by atoms with Crippen molar-refractivity contribution in [3.05, 3.63) is 35.4 Å². The van der Waals surface area contributed by atoms with E-state index >= 15 is 0 Å². The standard InChI is InChI=1S/C12H14F2N2O.ClH/c13-8-3-4-10(14)9(5-8)12(17)16-6-11(15)7-1-2-7;/h3-5,7,11H,1-2,6,15H2,(H,16,17);1H. The molecule has 18 heavy (non-hydrogen) atoms. The third-order valence-corrected chi connectivity index (χ3v) is 2.90. The first-order valence-corrected chi connectivity index (χ1v) is 5.57. The Morgan fingerprint density at radius 3 is 2.72 bits per heavy atom. The average molecular weight is 277 g/mol. The second kappa shape index (κ2) is 6.11. The zero-order chi connectivity index (χ0) is 12.4. The Kier molecular flexibility index (Phi) is 5.04. The number of halogens is 3. The molecule has 100 valence electrons. The number of rotatable bonds is 4. The number of nitrogens with one attached hydrogen (secondary N) is 1. The van der Waals surface area contributed by atoms with Gasteiger partial charge < -0.3 is 11.1 Å². The molecule has 0 radical (unpaired) electrons. The first kappa shape index (κ1) is 14.9. The van der Waals surface area contributed by atoms with Gasteiger partial charge in [0, 0.05) is 12.6 Å². The summed E-state index contributed by atoms with van der Waals surface area (Å²) < 4.78 is 26.1. The summed E-state index contributed by atoms with van der Waals surface area (Å²) >= 11 is 0. The number of carbonyl (C=O) groups excluding carboxylic acids is 1. The van der Waals surface area contributed by atoms with E-state index in [1.807, 2.05) is 0 Å². The molecule has 0 heterocycles. The van der Waals surface area contributed by atoms with Crippen LogP contribution in [0.3, 0.4) is 0 Å². The van der Waals surface area contributed by atoms with Crippen LogP contribution in [0, 0.1) is 17.6 Å². The van der Waals surface area contributed by atoms with Gasteiger partial charge in [0.1, 0.15) is 11.6 Å². The van der Waals surface area contributed by atoms with Gasteiger partial charge in [-0.25, -0.2) is 8.78 Å². The molecule has 1 fully saturated rings. The van der Waals surface area contributed by atoms with Crippen LogP contribution in [0.5, 0.6) is 0 Å². The second-order valence-corrected chi connectivity index (χ2v) is 4.34. The van der Waals surface area contributed by atoms with Crippen LogP contribution in [-0.2, 0) is 0 Å². The number of amides is 1. The molecule has 1 aliphatic carbocycles. The average Bonchev–Trinajstić information content (AvgIpc) is 3.12. The molecule has 0 aromatic heterocycles. The quantitative estimate of drug-likeness (QED) is 0.882. The maximum atomic E-state index is 13.3. The topological polar surface area (TPSA) is 55.1 Å². The van der Waals surface area contributed by atoms with E-state index < -0.39 is 17.5 Å². The van der Waals surface area contributed by atoms with Crippen molar-refractivity contribution in [2.24, 2.45) is 11.7 Å². The molecule has 1 saturated carbocycles. The number of hydrogen-bond acceptors (Lipinski definition) is 2. The highest BCUT2D eigenvalue weighted by Crippen LogP contribution is 2.31. The Hall–Kier alpha value is -1.20. The van der Waals surface area contributed by atoms with Gasteiger partial charge in [0.05, 0.1) is 5.56 Å². The van der Waals surface area contributed by atoms with Crippen LogP contribution >= 0.6 is 12.4 Å². The van der Waals surface area contributed by atoms with E-state index in [4.69, 9.17) is 5.73 Å². The molecule has 3 nitrogen and oxygen atoms in total. The SMILES string of the molecule is Cl.NC(CNC(=O)c1cc(F)ccc1F)C1CC1. The van der Waals surface area contributed by atoms with E-state index in [0.717, 1.165) is 31.0 Å². The van der Waals surface area contributed by atoms with E-state index in [0.29, 0.717) is 12.5 Å². The second-order valence-electron chi connectivity index (χ2n) is 4.34. The van der Waals surface area contributed by atoms with E-state index in [-0.39, 0.29) is 24.0 Å². The molecular formula is C12H15ClF2N2O. The molecule has 3 N–H and O–H groups in total. The number of carbonyl (C=O) groups is 1. The molecule has 0 bridgehead atoms. The predicted octanol–water partition coefficient (Wildman–Crippen LogP) is 1.85. The van der Waals surface area contributed by atoms with Crippen molar-refractivity contribution in [1.29, 1.82) is 0 Å². The third kappa shape index (κ3) is 3.65. The summed E-state index contributed by atoms with van der Waals surface area (Å²) in [6, 6.07) is 2.69. The van der Waals surface area contributed by atoms with Crippen molar-refractivity contribution in [1.82, 2.24) is 5.32 Å². The highest BCUT2D eigenvalue weighted by atomic mass is 35.5. The molecule has 1 unspecified atom stereocenters. The molecular weight excluding hydrogens is 262 g/mol. The monoisotopic (exact) mass is 276 g/mol. The molecule has 1 atom stereocenters. The van der Waals surface area contributed by atoms with Crippen LogP contribution in [0.1, 0.15) is 23.2 Å². The molecule has 1 amide bonds. The molecule has 1 aromatic rings. The number of benzene rings is 1. The van der Waals surface area contributed by atoms with Gasteiger partial charge in [-0.3, -0.25) is 4.79 Å². The van der Waals surface area contributed by atoms with Crippen LogP contribution < -0.4 is 11.1 Å². The summed E-state index contributed by atoms with van der Waals surface area (Å²) in [7, 11) is 0. The van der Waals surface area contributed by atoms with E-state index in [9.17, 15) is 13.6 Å². The van der Waals surface area contributed by atoms with Crippen LogP contribution in [0.15, 0.2) is 18.2 Å². The van der Waals surface area contributed by atoms with Gasteiger partial charge in [0.25, 0.3) is 5.91 Å². The van der Waals surface area contributed by atoms with E-state index in [1.165, 1.54) is 0 Å².